The van der Waals surface area contributed by atoms with Crippen molar-refractivity contribution in [3.63, 3.8) is 0 Å². The van der Waals surface area contributed by atoms with E-state index in [1.54, 1.807) is 6.55 Å². The van der Waals surface area contributed by atoms with E-state index in [0.29, 0.717) is 0 Å². The lowest BCUT2D eigenvalue weighted by molar-refractivity contribution is 0.402. The second kappa shape index (κ2) is 4.57. The topological polar surface area (TPSA) is 34.0 Å². The Kier molecular flexibility index (Phi) is 4.47. The second-order valence-electron chi connectivity index (χ2n) is 1.54. The van der Waals surface area contributed by atoms with Crippen molar-refractivity contribution in [3.8, 4) is 0 Å². The van der Waals surface area contributed by atoms with Crippen LogP contribution in [0.1, 0.15) is 0 Å². The fourth-order valence-electron chi connectivity index (χ4n) is 0.286. The third-order valence-corrected chi connectivity index (χ3v) is 3.23. The van der Waals surface area contributed by atoms with Gasteiger partial charge in [-0.25, -0.2) is 9.32 Å². The summed E-state index contributed by atoms with van der Waals surface area (Å²) in [4.78, 5) is 0. The first-order valence-electron chi connectivity index (χ1n) is 2.42. The highest BCUT2D eigenvalue weighted by Crippen LogP contribution is 2.04. The molecule has 0 amide bonds. The first kappa shape index (κ1) is 9.78. The number of nitrogens with zero attached hydrogens (tertiary/aromatic N) is 2. The highest BCUT2D eigenvalue weighted by molar-refractivity contribution is 7.78. The van der Waals surface area contributed by atoms with Gasteiger partial charge in [0.1, 0.15) is 0 Å². The average Bonchev–Trinajstić information content (AvgIpc) is 1.89. The van der Waals surface area contributed by atoms with Crippen molar-refractivity contribution >= 4 is 43.4 Å². The number of hydrogen-bond donors (Lipinski definition) is 0. The van der Waals surface area contributed by atoms with E-state index in [0.717, 1.165) is 0 Å². The minimum Gasteiger partial charge on any atom is -0.384 e. The van der Waals surface area contributed by atoms with E-state index in [4.69, 9.17) is 4.43 Å². The van der Waals surface area contributed by atoms with E-state index in [2.05, 4.69) is 44.1 Å². The smallest absolute Gasteiger partial charge is 0.384 e. The number of isothiocyanates is 2. The van der Waals surface area contributed by atoms with Gasteiger partial charge in [-0.15, -0.1) is 0 Å². The molecule has 6 heteroatoms. The zero-order valence-corrected chi connectivity index (χ0v) is 8.25. The van der Waals surface area contributed by atoms with Crippen molar-refractivity contribution < 1.29 is 4.43 Å². The molecule has 0 rings (SSSR count). The van der Waals surface area contributed by atoms with Crippen LogP contribution in [-0.4, -0.2) is 26.1 Å². The molecule has 0 aromatic rings. The molecule has 0 heterocycles. The lowest BCUT2D eigenvalue weighted by atomic mass is 11.7. The third kappa shape index (κ3) is 3.08. The molecule has 0 fully saturated rings. The van der Waals surface area contributed by atoms with E-state index < -0.39 is 8.64 Å². The van der Waals surface area contributed by atoms with E-state index in [-0.39, 0.29) is 0 Å². The summed E-state index contributed by atoms with van der Waals surface area (Å²) in [5.41, 5.74) is 0. The molecule has 0 saturated heterocycles. The molecule has 0 aromatic carbocycles. The van der Waals surface area contributed by atoms with Gasteiger partial charge in [-0.1, -0.05) is 0 Å². The van der Waals surface area contributed by atoms with E-state index >= 15 is 0 Å². The van der Waals surface area contributed by atoms with Crippen molar-refractivity contribution in [2.45, 2.75) is 6.55 Å². The van der Waals surface area contributed by atoms with Gasteiger partial charge >= 0.3 is 8.64 Å². The van der Waals surface area contributed by atoms with Crippen molar-refractivity contribution in [1.29, 1.82) is 0 Å². The zero-order chi connectivity index (χ0) is 8.04. The summed E-state index contributed by atoms with van der Waals surface area (Å²) in [6.07, 6.45) is 0. The van der Waals surface area contributed by atoms with Crippen molar-refractivity contribution in [2.24, 2.45) is 9.32 Å². The van der Waals surface area contributed by atoms with E-state index in [1.807, 2.05) is 0 Å². The van der Waals surface area contributed by atoms with Gasteiger partial charge in [0, 0.05) is 7.11 Å². The van der Waals surface area contributed by atoms with Crippen molar-refractivity contribution in [3.05, 3.63) is 0 Å². The lowest BCUT2D eigenvalue weighted by Crippen LogP contribution is -2.28. The standard InChI is InChI=1S/C4H6N2OS2Si/c1-7-10(2,5-3-8)6-4-9/h1-2H3. The zero-order valence-electron chi connectivity index (χ0n) is 5.62. The summed E-state index contributed by atoms with van der Waals surface area (Å²) >= 11 is 8.79. The summed E-state index contributed by atoms with van der Waals surface area (Å²) in [5, 5.41) is 4.42. The highest BCUT2D eigenvalue weighted by atomic mass is 32.1. The molecule has 0 aliphatic carbocycles. The van der Waals surface area contributed by atoms with Crippen LogP contribution in [0, 0.1) is 0 Å². The molecule has 10 heavy (non-hydrogen) atoms. The Morgan fingerprint density at radius 3 is 1.90 bits per heavy atom. The van der Waals surface area contributed by atoms with Gasteiger partial charge in [-0.3, -0.25) is 0 Å². The third-order valence-electron chi connectivity index (χ3n) is 0.893. The van der Waals surface area contributed by atoms with Gasteiger partial charge in [0.05, 0.1) is 10.3 Å². The second-order valence-corrected chi connectivity index (χ2v) is 4.63. The van der Waals surface area contributed by atoms with Gasteiger partial charge in [-0.05, 0) is 31.0 Å². The molecular weight excluding hydrogens is 184 g/mol. The Morgan fingerprint density at radius 1 is 1.30 bits per heavy atom. The number of thiocarbonyl (C=S) groups is 2. The van der Waals surface area contributed by atoms with Crippen LogP contribution in [0.2, 0.25) is 6.55 Å². The van der Waals surface area contributed by atoms with Crippen LogP contribution in [0.15, 0.2) is 9.32 Å². The summed E-state index contributed by atoms with van der Waals surface area (Å²) in [7, 11) is -0.891. The Morgan fingerprint density at radius 2 is 1.70 bits per heavy atom. The maximum absolute atomic E-state index is 4.97. The normalized spacial score (nSPS) is 14.2. The summed E-state index contributed by atoms with van der Waals surface area (Å²) in [6.45, 7) is 1.74. The molecular formula is C4H6N2OS2Si. The van der Waals surface area contributed by atoms with E-state index in [1.165, 1.54) is 7.11 Å². The predicted octanol–water partition coefficient (Wildman–Crippen LogP) is 1.41. The van der Waals surface area contributed by atoms with Gasteiger partial charge < -0.3 is 4.43 Å². The molecule has 0 aromatic heterocycles. The molecule has 0 unspecified atom stereocenters. The Balaban J connectivity index is 4.52. The summed E-state index contributed by atoms with van der Waals surface area (Å²) in [6, 6.07) is 0. The summed E-state index contributed by atoms with van der Waals surface area (Å²) < 4.78 is 12.5. The van der Waals surface area contributed by atoms with Gasteiger partial charge in [-0.2, -0.15) is 0 Å². The van der Waals surface area contributed by atoms with Crippen LogP contribution in [0.4, 0.5) is 0 Å². The quantitative estimate of drug-likeness (QED) is 0.383. The average molecular weight is 190 g/mol. The Hall–Kier alpha value is -0.223. The largest absolute Gasteiger partial charge is 0.470 e. The van der Waals surface area contributed by atoms with Crippen LogP contribution >= 0.6 is 24.4 Å². The maximum atomic E-state index is 4.97. The van der Waals surface area contributed by atoms with Crippen molar-refractivity contribution in [2.75, 3.05) is 7.11 Å². The molecule has 3 nitrogen and oxygen atoms in total. The van der Waals surface area contributed by atoms with Crippen LogP contribution in [-0.2, 0) is 4.43 Å². The lowest BCUT2D eigenvalue weighted by Gasteiger charge is -2.08. The first-order valence-corrected chi connectivity index (χ1v) is 5.53. The van der Waals surface area contributed by atoms with Gasteiger partial charge in [0.2, 0.25) is 0 Å². The maximum Gasteiger partial charge on any atom is 0.470 e. The van der Waals surface area contributed by atoms with Crippen molar-refractivity contribution in [1.82, 2.24) is 0 Å². The van der Waals surface area contributed by atoms with Crippen LogP contribution in [0.25, 0.3) is 0 Å². The Bertz CT molecular complexity index is 189. The monoisotopic (exact) mass is 190 g/mol. The minimum atomic E-state index is -2.40. The molecule has 54 valence electrons. The molecule has 0 N–H and O–H groups in total. The Labute approximate surface area is 71.1 Å². The number of hydrogen-bond acceptors (Lipinski definition) is 5. The molecule has 0 bridgehead atoms. The molecule has 0 radical (unpaired) electrons. The first-order chi connectivity index (χ1) is 4.68. The fourth-order valence-corrected chi connectivity index (χ4v) is 1.87. The number of rotatable bonds is 3. The van der Waals surface area contributed by atoms with Gasteiger partial charge in [0.15, 0.2) is 0 Å². The van der Waals surface area contributed by atoms with E-state index in [9.17, 15) is 0 Å². The summed E-state index contributed by atoms with van der Waals surface area (Å²) in [5.74, 6) is 0. The minimum absolute atomic E-state index is 1.51. The fraction of sp³-hybridized carbons (Fsp3) is 0.500. The van der Waals surface area contributed by atoms with Crippen LogP contribution < -0.4 is 0 Å². The predicted molar refractivity (Wildman–Crippen MR) is 48.7 cm³/mol. The SMILES string of the molecule is CO[Si](C)(N=C=S)N=C=S. The van der Waals surface area contributed by atoms with Crippen LogP contribution in [0.5, 0.6) is 0 Å². The highest BCUT2D eigenvalue weighted by Gasteiger charge is 2.27. The van der Waals surface area contributed by atoms with Crippen LogP contribution in [0.3, 0.4) is 0 Å². The van der Waals surface area contributed by atoms with Gasteiger partial charge in [0.25, 0.3) is 0 Å². The molecule has 0 atom stereocenters. The molecule has 0 saturated carbocycles. The molecule has 0 spiro atoms. The molecule has 0 aliphatic heterocycles. The molecule has 0 aliphatic rings.